The van der Waals surface area contributed by atoms with Crippen molar-refractivity contribution in [3.05, 3.63) is 75.6 Å². The Labute approximate surface area is 167 Å². The number of rotatable bonds is 5. The van der Waals surface area contributed by atoms with Crippen molar-refractivity contribution in [1.29, 1.82) is 0 Å². The van der Waals surface area contributed by atoms with Crippen LogP contribution in [0.1, 0.15) is 17.0 Å². The number of non-ortho nitro benzene ring substituents is 1. The minimum Gasteiger partial charge on any atom is -0.368 e. The fourth-order valence-corrected chi connectivity index (χ4v) is 4.01. The average molecular weight is 395 g/mol. The maximum absolute atomic E-state index is 10.8. The van der Waals surface area contributed by atoms with Gasteiger partial charge in [-0.2, -0.15) is 4.37 Å². The lowest BCUT2D eigenvalue weighted by Crippen LogP contribution is -2.46. The highest BCUT2D eigenvalue weighted by atomic mass is 32.1. The molecular formula is C20H21N5O2S. The Morgan fingerprint density at radius 3 is 2.29 bits per heavy atom. The van der Waals surface area contributed by atoms with E-state index in [4.69, 9.17) is 4.98 Å². The Morgan fingerprint density at radius 2 is 1.64 bits per heavy atom. The summed E-state index contributed by atoms with van der Waals surface area (Å²) in [6, 6.07) is 15.2. The summed E-state index contributed by atoms with van der Waals surface area (Å²) in [5.74, 6) is 0.863. The van der Waals surface area contributed by atoms with Gasteiger partial charge in [0.05, 0.1) is 4.92 Å². The van der Waals surface area contributed by atoms with Crippen LogP contribution in [0.3, 0.4) is 0 Å². The van der Waals surface area contributed by atoms with Crippen molar-refractivity contribution in [2.24, 2.45) is 0 Å². The number of piperazine rings is 1. The van der Waals surface area contributed by atoms with Crippen LogP contribution in [0.5, 0.6) is 0 Å². The van der Waals surface area contributed by atoms with Crippen LogP contribution >= 0.6 is 11.5 Å². The van der Waals surface area contributed by atoms with Crippen LogP contribution in [0.15, 0.2) is 48.5 Å². The van der Waals surface area contributed by atoms with Crippen molar-refractivity contribution in [2.75, 3.05) is 36.0 Å². The number of hydrogen-bond acceptors (Lipinski definition) is 7. The summed E-state index contributed by atoms with van der Waals surface area (Å²) >= 11 is 1.45. The highest BCUT2D eigenvalue weighted by molar-refractivity contribution is 7.09. The van der Waals surface area contributed by atoms with Crippen molar-refractivity contribution >= 4 is 28.0 Å². The van der Waals surface area contributed by atoms with E-state index in [9.17, 15) is 10.1 Å². The van der Waals surface area contributed by atoms with Crippen LogP contribution in [-0.2, 0) is 6.42 Å². The molecule has 1 aliphatic heterocycles. The highest BCUT2D eigenvalue weighted by Crippen LogP contribution is 2.24. The second-order valence-electron chi connectivity index (χ2n) is 6.90. The molecule has 0 N–H and O–H groups in total. The number of nitro benzene ring substituents is 1. The first-order valence-corrected chi connectivity index (χ1v) is 9.98. The highest BCUT2D eigenvalue weighted by Gasteiger charge is 2.21. The molecule has 3 aromatic rings. The summed E-state index contributed by atoms with van der Waals surface area (Å²) in [6.07, 6.45) is 0.750. The van der Waals surface area contributed by atoms with Gasteiger partial charge in [0.2, 0.25) is 5.13 Å². The van der Waals surface area contributed by atoms with Gasteiger partial charge in [0.1, 0.15) is 5.82 Å². The molecule has 1 fully saturated rings. The largest absolute Gasteiger partial charge is 0.368 e. The molecule has 1 saturated heterocycles. The molecule has 28 heavy (non-hydrogen) atoms. The summed E-state index contributed by atoms with van der Waals surface area (Å²) in [4.78, 5) is 19.7. The molecular weight excluding hydrogens is 374 g/mol. The second kappa shape index (κ2) is 7.93. The number of aryl methyl sites for hydroxylation is 1. The van der Waals surface area contributed by atoms with Crippen LogP contribution in [0.2, 0.25) is 0 Å². The van der Waals surface area contributed by atoms with Gasteiger partial charge in [-0.15, -0.1) is 0 Å². The molecule has 2 aromatic carbocycles. The number of aromatic nitrogens is 2. The van der Waals surface area contributed by atoms with Crippen molar-refractivity contribution < 1.29 is 4.92 Å². The van der Waals surface area contributed by atoms with Crippen molar-refractivity contribution in [2.45, 2.75) is 13.3 Å². The molecule has 8 heteroatoms. The predicted molar refractivity (Wildman–Crippen MR) is 111 cm³/mol. The van der Waals surface area contributed by atoms with Gasteiger partial charge in [-0.25, -0.2) is 4.98 Å². The van der Waals surface area contributed by atoms with Crippen LogP contribution in [-0.4, -0.2) is 40.5 Å². The summed E-state index contributed by atoms with van der Waals surface area (Å²) < 4.78 is 4.52. The zero-order chi connectivity index (χ0) is 19.5. The van der Waals surface area contributed by atoms with Crippen molar-refractivity contribution in [3.63, 3.8) is 0 Å². The Morgan fingerprint density at radius 1 is 1.00 bits per heavy atom. The summed E-state index contributed by atoms with van der Waals surface area (Å²) in [7, 11) is 0. The lowest BCUT2D eigenvalue weighted by molar-refractivity contribution is -0.384. The van der Waals surface area contributed by atoms with Crippen molar-refractivity contribution in [3.8, 4) is 0 Å². The molecule has 0 spiro atoms. The van der Waals surface area contributed by atoms with E-state index in [2.05, 4.69) is 45.4 Å². The van der Waals surface area contributed by atoms with Crippen LogP contribution < -0.4 is 9.80 Å². The van der Waals surface area contributed by atoms with Crippen LogP contribution in [0, 0.1) is 17.0 Å². The Balaban J connectivity index is 1.35. The predicted octanol–water partition coefficient (Wildman–Crippen LogP) is 3.67. The SMILES string of the molecule is Cc1ccc(Cc2nsc(N3CCN(c4ccc([N+](=O)[O-])cc4)CC3)n2)cc1. The Kier molecular flexibility index (Phi) is 5.21. The van der Waals surface area contributed by atoms with E-state index in [0.717, 1.165) is 49.2 Å². The smallest absolute Gasteiger partial charge is 0.269 e. The van der Waals surface area contributed by atoms with Gasteiger partial charge in [0, 0.05) is 62.0 Å². The Hall–Kier alpha value is -3.00. The summed E-state index contributed by atoms with van der Waals surface area (Å²) in [5, 5.41) is 11.8. The number of nitro groups is 1. The monoisotopic (exact) mass is 395 g/mol. The molecule has 7 nitrogen and oxygen atoms in total. The molecule has 0 unspecified atom stereocenters. The normalized spacial score (nSPS) is 14.3. The number of nitrogens with zero attached hydrogens (tertiary/aromatic N) is 5. The molecule has 1 aromatic heterocycles. The first-order valence-electron chi connectivity index (χ1n) is 9.21. The fourth-order valence-electron chi connectivity index (χ4n) is 3.27. The van der Waals surface area contributed by atoms with E-state index in [-0.39, 0.29) is 10.6 Å². The first kappa shape index (κ1) is 18.4. The number of anilines is 2. The quantitative estimate of drug-likeness (QED) is 0.485. The molecule has 1 aliphatic rings. The van der Waals surface area contributed by atoms with E-state index >= 15 is 0 Å². The minimum absolute atomic E-state index is 0.123. The third-order valence-electron chi connectivity index (χ3n) is 4.92. The van der Waals surface area contributed by atoms with Crippen molar-refractivity contribution in [1.82, 2.24) is 9.36 Å². The molecule has 144 valence electrons. The van der Waals surface area contributed by atoms with Gasteiger partial charge >= 0.3 is 0 Å². The number of benzene rings is 2. The van der Waals surface area contributed by atoms with Gasteiger partial charge in [-0.1, -0.05) is 29.8 Å². The maximum atomic E-state index is 10.8. The van der Waals surface area contributed by atoms with Crippen LogP contribution in [0.4, 0.5) is 16.5 Å². The van der Waals surface area contributed by atoms with Gasteiger partial charge in [0.25, 0.3) is 5.69 Å². The third kappa shape index (κ3) is 4.12. The third-order valence-corrected chi connectivity index (χ3v) is 5.73. The average Bonchev–Trinajstić information content (AvgIpc) is 3.18. The zero-order valence-electron chi connectivity index (χ0n) is 15.6. The van der Waals surface area contributed by atoms with E-state index in [1.807, 2.05) is 12.1 Å². The maximum Gasteiger partial charge on any atom is 0.269 e. The second-order valence-corrected chi connectivity index (χ2v) is 7.63. The lowest BCUT2D eigenvalue weighted by atomic mass is 10.1. The molecule has 4 rings (SSSR count). The van der Waals surface area contributed by atoms with E-state index in [1.54, 1.807) is 12.1 Å². The first-order chi connectivity index (χ1) is 13.6. The molecule has 0 atom stereocenters. The topological polar surface area (TPSA) is 75.4 Å². The van der Waals surface area contributed by atoms with E-state index in [0.29, 0.717) is 0 Å². The van der Waals surface area contributed by atoms with Crippen LogP contribution in [0.25, 0.3) is 0 Å². The Bertz CT molecular complexity index is 947. The lowest BCUT2D eigenvalue weighted by Gasteiger charge is -2.35. The fraction of sp³-hybridized carbons (Fsp3) is 0.300. The van der Waals surface area contributed by atoms with Gasteiger partial charge in [0.15, 0.2) is 0 Å². The van der Waals surface area contributed by atoms with Gasteiger partial charge in [-0.3, -0.25) is 10.1 Å². The van der Waals surface area contributed by atoms with Gasteiger partial charge < -0.3 is 9.80 Å². The molecule has 0 aliphatic carbocycles. The zero-order valence-corrected chi connectivity index (χ0v) is 16.4. The van der Waals surface area contributed by atoms with E-state index in [1.165, 1.54) is 22.7 Å². The summed E-state index contributed by atoms with van der Waals surface area (Å²) in [6.45, 7) is 5.50. The molecule has 2 heterocycles. The molecule has 0 radical (unpaired) electrons. The van der Waals surface area contributed by atoms with E-state index < -0.39 is 0 Å². The molecule has 0 amide bonds. The minimum atomic E-state index is -0.370. The summed E-state index contributed by atoms with van der Waals surface area (Å²) in [5.41, 5.74) is 3.61. The molecule has 0 saturated carbocycles. The molecule has 0 bridgehead atoms. The number of hydrogen-bond donors (Lipinski definition) is 0. The van der Waals surface area contributed by atoms with Gasteiger partial charge in [-0.05, 0) is 24.6 Å². The standard InChI is InChI=1S/C20H21N5O2S/c1-15-2-4-16(5-3-15)14-19-21-20(28-22-19)24-12-10-23(11-13-24)17-6-8-18(9-7-17)25(26)27/h2-9H,10-14H2,1H3.